The van der Waals surface area contributed by atoms with Crippen LogP contribution in [0.2, 0.25) is 0 Å². The lowest BCUT2D eigenvalue weighted by Crippen LogP contribution is -2.45. The fourth-order valence-electron chi connectivity index (χ4n) is 4.53. The zero-order valence-corrected chi connectivity index (χ0v) is 22.1. The molecular formula is C30H40FN5. The van der Waals surface area contributed by atoms with E-state index in [0.29, 0.717) is 12.5 Å². The van der Waals surface area contributed by atoms with E-state index in [9.17, 15) is 9.65 Å². The lowest BCUT2D eigenvalue weighted by Gasteiger charge is -2.34. The van der Waals surface area contributed by atoms with Gasteiger partial charge in [-0.1, -0.05) is 70.2 Å². The molecule has 1 aliphatic rings. The summed E-state index contributed by atoms with van der Waals surface area (Å²) in [6.45, 7) is 12.6. The van der Waals surface area contributed by atoms with Gasteiger partial charge in [0, 0.05) is 38.6 Å². The first-order valence-electron chi connectivity index (χ1n) is 13.0. The average molecular weight is 490 g/mol. The van der Waals surface area contributed by atoms with Crippen LogP contribution in [0.1, 0.15) is 51.7 Å². The van der Waals surface area contributed by atoms with Gasteiger partial charge in [-0.3, -0.25) is 0 Å². The number of rotatable bonds is 10. The van der Waals surface area contributed by atoms with Gasteiger partial charge in [0.15, 0.2) is 5.96 Å². The SMILES string of the molecule is CC(C)CNC(=NCc1ccc(F)cc1)N1C=CN(CCCC(C#N)(c2ccccc2)C(C)C)CC1. The Balaban J connectivity index is 1.61. The quantitative estimate of drug-likeness (QED) is 0.333. The van der Waals surface area contributed by atoms with Gasteiger partial charge in [0.05, 0.1) is 18.0 Å². The number of hydrogen-bond donors (Lipinski definition) is 1. The Morgan fingerprint density at radius 2 is 1.78 bits per heavy atom. The molecule has 5 nitrogen and oxygen atoms in total. The molecule has 2 aromatic carbocycles. The maximum absolute atomic E-state index is 13.2. The normalized spacial score (nSPS) is 15.8. The second-order valence-electron chi connectivity index (χ2n) is 10.3. The molecule has 1 atom stereocenters. The van der Waals surface area contributed by atoms with Gasteiger partial charge in [-0.2, -0.15) is 5.26 Å². The van der Waals surface area contributed by atoms with E-state index in [2.05, 4.69) is 73.4 Å². The van der Waals surface area contributed by atoms with Gasteiger partial charge < -0.3 is 15.1 Å². The summed E-state index contributed by atoms with van der Waals surface area (Å²) < 4.78 is 13.2. The number of guanidine groups is 1. The zero-order chi connectivity index (χ0) is 26.0. The standard InChI is InChI=1S/C30H40FN5/c1-24(2)21-33-29(34-22-26-11-13-28(31)14-12-26)36-19-17-35(18-20-36)16-8-15-30(23-32,25(3)4)27-9-6-5-7-10-27/h5-7,9-14,17,19,24-25H,8,15-16,18,20-22H2,1-4H3,(H,33,34). The molecule has 0 aromatic heterocycles. The Morgan fingerprint density at radius 3 is 2.36 bits per heavy atom. The highest BCUT2D eigenvalue weighted by Gasteiger charge is 2.35. The third-order valence-electron chi connectivity index (χ3n) is 6.84. The van der Waals surface area contributed by atoms with Gasteiger partial charge in [0.25, 0.3) is 0 Å². The number of nitrogens with one attached hydrogen (secondary N) is 1. The molecule has 0 radical (unpaired) electrons. The number of benzene rings is 2. The third-order valence-corrected chi connectivity index (χ3v) is 6.84. The number of hydrogen-bond acceptors (Lipinski definition) is 3. The average Bonchev–Trinajstić information content (AvgIpc) is 2.88. The summed E-state index contributed by atoms with van der Waals surface area (Å²) in [6.07, 6.45) is 5.99. The molecule has 192 valence electrons. The smallest absolute Gasteiger partial charge is 0.198 e. The van der Waals surface area contributed by atoms with Gasteiger partial charge >= 0.3 is 0 Å². The molecule has 0 fully saturated rings. The predicted molar refractivity (Wildman–Crippen MR) is 146 cm³/mol. The Hall–Kier alpha value is -3.33. The lowest BCUT2D eigenvalue weighted by molar-refractivity contribution is 0.282. The fourth-order valence-corrected chi connectivity index (χ4v) is 4.53. The van der Waals surface area contributed by atoms with E-state index in [0.717, 1.165) is 56.1 Å². The molecular weight excluding hydrogens is 449 g/mol. The van der Waals surface area contributed by atoms with E-state index in [1.165, 1.54) is 12.1 Å². The minimum atomic E-state index is -0.465. The summed E-state index contributed by atoms with van der Waals surface area (Å²) >= 11 is 0. The minimum Gasteiger partial charge on any atom is -0.374 e. The topological polar surface area (TPSA) is 54.7 Å². The molecule has 1 unspecified atom stereocenters. The van der Waals surface area contributed by atoms with Crippen molar-refractivity contribution in [3.05, 3.63) is 83.9 Å². The van der Waals surface area contributed by atoms with Gasteiger partial charge in [-0.15, -0.1) is 0 Å². The van der Waals surface area contributed by atoms with Crippen LogP contribution in [0.4, 0.5) is 4.39 Å². The molecule has 0 amide bonds. The van der Waals surface area contributed by atoms with Crippen molar-refractivity contribution < 1.29 is 4.39 Å². The van der Waals surface area contributed by atoms with Gasteiger partial charge in [-0.25, -0.2) is 9.38 Å². The summed E-state index contributed by atoms with van der Waals surface area (Å²) in [5, 5.41) is 13.6. The van der Waals surface area contributed by atoms with Crippen LogP contribution in [0.25, 0.3) is 0 Å². The van der Waals surface area contributed by atoms with Crippen molar-refractivity contribution in [1.29, 1.82) is 5.26 Å². The second-order valence-corrected chi connectivity index (χ2v) is 10.3. The van der Waals surface area contributed by atoms with E-state index in [1.54, 1.807) is 12.1 Å². The number of nitrogens with zero attached hydrogens (tertiary/aromatic N) is 4. The molecule has 0 saturated carbocycles. The number of aliphatic imine (C=N–C) groups is 1. The van der Waals surface area contributed by atoms with Crippen LogP contribution in [0.3, 0.4) is 0 Å². The summed E-state index contributed by atoms with van der Waals surface area (Å²) in [5.74, 6) is 1.35. The predicted octanol–water partition coefficient (Wildman–Crippen LogP) is 5.91. The molecule has 0 aliphatic carbocycles. The third kappa shape index (κ3) is 7.34. The van der Waals surface area contributed by atoms with Crippen molar-refractivity contribution in [3.8, 4) is 6.07 Å². The van der Waals surface area contributed by atoms with Crippen molar-refractivity contribution >= 4 is 5.96 Å². The first kappa shape index (κ1) is 27.3. The monoisotopic (exact) mass is 489 g/mol. The summed E-state index contributed by atoms with van der Waals surface area (Å²) in [6, 6.07) is 19.4. The molecule has 0 spiro atoms. The maximum atomic E-state index is 13.2. The van der Waals surface area contributed by atoms with Crippen molar-refractivity contribution in [2.45, 2.75) is 52.5 Å². The van der Waals surface area contributed by atoms with Crippen molar-refractivity contribution in [2.75, 3.05) is 26.2 Å². The first-order valence-corrected chi connectivity index (χ1v) is 13.0. The Kier molecular flexibility index (Phi) is 9.93. The highest BCUT2D eigenvalue weighted by molar-refractivity contribution is 5.81. The minimum absolute atomic E-state index is 0.232. The van der Waals surface area contributed by atoms with E-state index >= 15 is 0 Å². The van der Waals surface area contributed by atoms with E-state index in [1.807, 2.05) is 18.2 Å². The fraction of sp³-hybridized carbons (Fsp3) is 0.467. The zero-order valence-electron chi connectivity index (χ0n) is 22.1. The van der Waals surface area contributed by atoms with Crippen LogP contribution in [0.5, 0.6) is 0 Å². The number of halogens is 1. The van der Waals surface area contributed by atoms with Crippen LogP contribution in [-0.4, -0.2) is 41.9 Å². The summed E-state index contributed by atoms with van der Waals surface area (Å²) in [4.78, 5) is 9.28. The van der Waals surface area contributed by atoms with Crippen LogP contribution < -0.4 is 5.32 Å². The molecule has 36 heavy (non-hydrogen) atoms. The Labute approximate surface area is 216 Å². The van der Waals surface area contributed by atoms with Gasteiger partial charge in [0.1, 0.15) is 5.82 Å². The van der Waals surface area contributed by atoms with E-state index < -0.39 is 5.41 Å². The molecule has 0 saturated heterocycles. The maximum Gasteiger partial charge on any atom is 0.198 e. The lowest BCUT2D eigenvalue weighted by atomic mass is 9.70. The van der Waals surface area contributed by atoms with E-state index in [4.69, 9.17) is 4.99 Å². The van der Waals surface area contributed by atoms with E-state index in [-0.39, 0.29) is 11.7 Å². The highest BCUT2D eigenvalue weighted by atomic mass is 19.1. The van der Waals surface area contributed by atoms with Crippen LogP contribution in [0.15, 0.2) is 72.0 Å². The van der Waals surface area contributed by atoms with Crippen molar-refractivity contribution in [2.24, 2.45) is 16.8 Å². The summed E-state index contributed by atoms with van der Waals surface area (Å²) in [5.41, 5.74) is 1.63. The largest absolute Gasteiger partial charge is 0.374 e. The Bertz CT molecular complexity index is 1040. The molecule has 1 N–H and O–H groups in total. The molecule has 2 aromatic rings. The van der Waals surface area contributed by atoms with Crippen molar-refractivity contribution in [3.63, 3.8) is 0 Å². The molecule has 3 rings (SSSR count). The van der Waals surface area contributed by atoms with Gasteiger partial charge in [0.2, 0.25) is 0 Å². The molecule has 1 heterocycles. The van der Waals surface area contributed by atoms with Crippen LogP contribution in [-0.2, 0) is 12.0 Å². The first-order chi connectivity index (χ1) is 17.3. The summed E-state index contributed by atoms with van der Waals surface area (Å²) in [7, 11) is 0. The molecule has 0 bridgehead atoms. The molecule has 6 heteroatoms. The van der Waals surface area contributed by atoms with Gasteiger partial charge in [-0.05, 0) is 47.9 Å². The van der Waals surface area contributed by atoms with Crippen LogP contribution in [0, 0.1) is 29.0 Å². The second kappa shape index (κ2) is 13.1. The van der Waals surface area contributed by atoms with Crippen molar-refractivity contribution in [1.82, 2.24) is 15.1 Å². The number of nitriles is 1. The molecule has 1 aliphatic heterocycles. The van der Waals surface area contributed by atoms with Crippen LogP contribution >= 0.6 is 0 Å². The Morgan fingerprint density at radius 1 is 1.06 bits per heavy atom. The highest BCUT2D eigenvalue weighted by Crippen LogP contribution is 2.36.